The summed E-state index contributed by atoms with van der Waals surface area (Å²) in [5.41, 5.74) is -0.271. The smallest absolute Gasteiger partial charge is 0.299 e. The third-order valence-corrected chi connectivity index (χ3v) is 3.33. The summed E-state index contributed by atoms with van der Waals surface area (Å²) < 4.78 is -0.0221. The van der Waals surface area contributed by atoms with Crippen LogP contribution in [-0.2, 0) is 0 Å². The fraction of sp³-hybridized carbons (Fsp3) is 0. The van der Waals surface area contributed by atoms with Crippen LogP contribution < -0.4 is 5.32 Å². The summed E-state index contributed by atoms with van der Waals surface area (Å²) >= 11 is 6.52. The van der Waals surface area contributed by atoms with Crippen molar-refractivity contribution in [2.75, 3.05) is 5.32 Å². The zero-order valence-electron chi connectivity index (χ0n) is 8.79. The second-order valence-corrected chi connectivity index (χ2v) is 4.85. The molecular weight excluding hydrogens is 278 g/mol. The Labute approximate surface area is 110 Å². The lowest BCUT2D eigenvalue weighted by molar-refractivity contribution is -0.384. The molecule has 0 spiro atoms. The van der Waals surface area contributed by atoms with Crippen LogP contribution in [0, 0.1) is 10.1 Å². The van der Waals surface area contributed by atoms with E-state index in [0.29, 0.717) is 5.82 Å². The fourth-order valence-corrected chi connectivity index (χ4v) is 2.33. The average Bonchev–Trinajstić information content (AvgIpc) is 2.73. The number of hydrogen-bond donors (Lipinski definition) is 1. The Morgan fingerprint density at radius 1 is 1.50 bits per heavy atom. The molecule has 0 aliphatic carbocycles. The molecule has 92 valence electrons. The Kier molecular flexibility index (Phi) is 3.54. The Bertz CT molecular complexity index is 600. The third-order valence-electron chi connectivity index (χ3n) is 2.00. The number of amides is 1. The summed E-state index contributed by atoms with van der Waals surface area (Å²) in [7, 11) is 0. The van der Waals surface area contributed by atoms with E-state index in [1.165, 1.54) is 6.20 Å². The number of nitro groups is 1. The zero-order chi connectivity index (χ0) is 13.1. The summed E-state index contributed by atoms with van der Waals surface area (Å²) in [6.07, 6.45) is 1.53. The Morgan fingerprint density at radius 3 is 2.83 bits per heavy atom. The van der Waals surface area contributed by atoms with Gasteiger partial charge in [-0.3, -0.25) is 14.9 Å². The van der Waals surface area contributed by atoms with Crippen LogP contribution in [0.15, 0.2) is 30.5 Å². The molecule has 0 fully saturated rings. The standard InChI is InChI=1S/C10H6ClN3O3S/c11-9-6(14(16)17)5-7(18-9)10(15)13-8-3-1-2-4-12-8/h1-5H,(H,12,13,15). The topological polar surface area (TPSA) is 85.1 Å². The van der Waals surface area contributed by atoms with Gasteiger partial charge in [0.05, 0.1) is 4.92 Å². The van der Waals surface area contributed by atoms with Crippen molar-refractivity contribution in [3.63, 3.8) is 0 Å². The van der Waals surface area contributed by atoms with Gasteiger partial charge in [-0.05, 0) is 12.1 Å². The van der Waals surface area contributed by atoms with E-state index in [-0.39, 0.29) is 14.9 Å². The second-order valence-electron chi connectivity index (χ2n) is 3.20. The van der Waals surface area contributed by atoms with Gasteiger partial charge in [0, 0.05) is 12.3 Å². The average molecular weight is 284 g/mol. The molecule has 2 aromatic rings. The number of nitrogens with zero attached hydrogens (tertiary/aromatic N) is 2. The van der Waals surface area contributed by atoms with Crippen molar-refractivity contribution < 1.29 is 9.72 Å². The molecule has 0 atom stereocenters. The maximum absolute atomic E-state index is 11.8. The minimum absolute atomic E-state index is 0.0221. The van der Waals surface area contributed by atoms with Gasteiger partial charge in [0.15, 0.2) is 4.34 Å². The van der Waals surface area contributed by atoms with Crippen LogP contribution in [-0.4, -0.2) is 15.8 Å². The summed E-state index contributed by atoms with van der Waals surface area (Å²) in [5.74, 6) is -0.108. The minimum Gasteiger partial charge on any atom is -0.306 e. The zero-order valence-corrected chi connectivity index (χ0v) is 10.4. The van der Waals surface area contributed by atoms with E-state index < -0.39 is 10.8 Å². The second kappa shape index (κ2) is 5.11. The lowest BCUT2D eigenvalue weighted by Gasteiger charge is -2.00. The lowest BCUT2D eigenvalue weighted by atomic mass is 10.4. The third kappa shape index (κ3) is 2.63. The normalized spacial score (nSPS) is 10.1. The molecule has 2 rings (SSSR count). The number of hydrogen-bond acceptors (Lipinski definition) is 5. The molecule has 2 heterocycles. The number of thiophene rings is 1. The molecule has 0 aromatic carbocycles. The number of carbonyl (C=O) groups is 1. The molecule has 0 aliphatic heterocycles. The van der Waals surface area contributed by atoms with E-state index in [0.717, 1.165) is 17.4 Å². The van der Waals surface area contributed by atoms with E-state index in [2.05, 4.69) is 10.3 Å². The molecular formula is C10H6ClN3O3S. The van der Waals surface area contributed by atoms with Gasteiger partial charge >= 0.3 is 0 Å². The number of pyridine rings is 1. The van der Waals surface area contributed by atoms with Crippen molar-refractivity contribution in [1.82, 2.24) is 4.98 Å². The van der Waals surface area contributed by atoms with Crippen molar-refractivity contribution in [3.8, 4) is 0 Å². The first kappa shape index (κ1) is 12.5. The molecule has 2 aromatic heterocycles. The Morgan fingerprint density at radius 2 is 2.28 bits per heavy atom. The molecule has 0 unspecified atom stereocenters. The number of aromatic nitrogens is 1. The first-order chi connectivity index (χ1) is 8.58. The summed E-state index contributed by atoms with van der Waals surface area (Å²) in [6.45, 7) is 0. The fourth-order valence-electron chi connectivity index (χ4n) is 1.21. The monoisotopic (exact) mass is 283 g/mol. The number of rotatable bonds is 3. The molecule has 1 amide bonds. The van der Waals surface area contributed by atoms with Crippen LogP contribution in [0.5, 0.6) is 0 Å². The van der Waals surface area contributed by atoms with Gasteiger partial charge in [0.1, 0.15) is 10.7 Å². The van der Waals surface area contributed by atoms with E-state index in [1.54, 1.807) is 18.2 Å². The van der Waals surface area contributed by atoms with Gasteiger partial charge in [-0.15, -0.1) is 11.3 Å². The van der Waals surface area contributed by atoms with Crippen molar-refractivity contribution >= 4 is 40.4 Å². The molecule has 6 nitrogen and oxygen atoms in total. The van der Waals surface area contributed by atoms with E-state index >= 15 is 0 Å². The number of anilines is 1. The predicted octanol–water partition coefficient (Wildman–Crippen LogP) is 2.96. The van der Waals surface area contributed by atoms with Gasteiger partial charge in [0.2, 0.25) is 0 Å². The Hall–Kier alpha value is -1.99. The molecule has 0 saturated heterocycles. The molecule has 1 N–H and O–H groups in total. The van der Waals surface area contributed by atoms with Crippen LogP contribution >= 0.6 is 22.9 Å². The maximum atomic E-state index is 11.8. The summed E-state index contributed by atoms with van der Waals surface area (Å²) in [6, 6.07) is 6.18. The predicted molar refractivity (Wildman–Crippen MR) is 68.2 cm³/mol. The number of nitrogens with one attached hydrogen (secondary N) is 1. The molecule has 8 heteroatoms. The van der Waals surface area contributed by atoms with Crippen LogP contribution in [0.25, 0.3) is 0 Å². The van der Waals surface area contributed by atoms with E-state index in [4.69, 9.17) is 11.6 Å². The molecule has 18 heavy (non-hydrogen) atoms. The van der Waals surface area contributed by atoms with Gasteiger partial charge in [-0.25, -0.2) is 4.98 Å². The highest BCUT2D eigenvalue weighted by molar-refractivity contribution is 7.18. The number of carbonyl (C=O) groups excluding carboxylic acids is 1. The quantitative estimate of drug-likeness (QED) is 0.693. The molecule has 0 aliphatic rings. The first-order valence-corrected chi connectivity index (χ1v) is 5.93. The lowest BCUT2D eigenvalue weighted by Crippen LogP contribution is -2.10. The number of halogens is 1. The van der Waals surface area contributed by atoms with Crippen LogP contribution in [0.3, 0.4) is 0 Å². The first-order valence-electron chi connectivity index (χ1n) is 4.74. The largest absolute Gasteiger partial charge is 0.306 e. The highest BCUT2D eigenvalue weighted by Crippen LogP contribution is 2.33. The Balaban J connectivity index is 2.20. The molecule has 0 bridgehead atoms. The SMILES string of the molecule is O=C(Nc1ccccn1)c1cc([N+](=O)[O-])c(Cl)s1. The summed E-state index contributed by atoms with van der Waals surface area (Å²) in [5, 5.41) is 13.1. The summed E-state index contributed by atoms with van der Waals surface area (Å²) in [4.78, 5) is 25.8. The highest BCUT2D eigenvalue weighted by Gasteiger charge is 2.21. The van der Waals surface area contributed by atoms with Gasteiger partial charge in [0.25, 0.3) is 11.6 Å². The van der Waals surface area contributed by atoms with E-state index in [9.17, 15) is 14.9 Å². The molecule has 0 saturated carbocycles. The minimum atomic E-state index is -0.629. The van der Waals surface area contributed by atoms with E-state index in [1.807, 2.05) is 0 Å². The van der Waals surface area contributed by atoms with Gasteiger partial charge in [-0.1, -0.05) is 17.7 Å². The van der Waals surface area contributed by atoms with Crippen LogP contribution in [0.1, 0.15) is 9.67 Å². The molecule has 0 radical (unpaired) electrons. The van der Waals surface area contributed by atoms with Crippen LogP contribution in [0.4, 0.5) is 11.5 Å². The van der Waals surface area contributed by atoms with Gasteiger partial charge in [-0.2, -0.15) is 0 Å². The van der Waals surface area contributed by atoms with Crippen molar-refractivity contribution in [1.29, 1.82) is 0 Å². The van der Waals surface area contributed by atoms with Crippen molar-refractivity contribution in [3.05, 3.63) is 49.8 Å². The van der Waals surface area contributed by atoms with Gasteiger partial charge < -0.3 is 5.32 Å². The van der Waals surface area contributed by atoms with Crippen molar-refractivity contribution in [2.45, 2.75) is 0 Å². The highest BCUT2D eigenvalue weighted by atomic mass is 35.5. The maximum Gasteiger partial charge on any atom is 0.299 e. The van der Waals surface area contributed by atoms with Crippen molar-refractivity contribution in [2.24, 2.45) is 0 Å². The van der Waals surface area contributed by atoms with Crippen LogP contribution in [0.2, 0.25) is 4.34 Å².